The van der Waals surface area contributed by atoms with Gasteiger partial charge in [-0.2, -0.15) is 0 Å². The molecule has 0 heterocycles. The molecular weight excluding hydrogens is 250 g/mol. The molecule has 0 fully saturated rings. The molecule has 1 atom stereocenters. The summed E-state index contributed by atoms with van der Waals surface area (Å²) in [6, 6.07) is 6.16. The smallest absolute Gasteiger partial charge is 0.161 e. The van der Waals surface area contributed by atoms with Crippen molar-refractivity contribution in [3.05, 3.63) is 23.8 Å². The van der Waals surface area contributed by atoms with E-state index in [1.54, 1.807) is 7.11 Å². The molecule has 0 aliphatic carbocycles. The van der Waals surface area contributed by atoms with Crippen molar-refractivity contribution < 1.29 is 9.47 Å². The van der Waals surface area contributed by atoms with Crippen LogP contribution in [-0.2, 0) is 6.54 Å². The molecule has 1 unspecified atom stereocenters. The third-order valence-electron chi connectivity index (χ3n) is 3.33. The van der Waals surface area contributed by atoms with Gasteiger partial charge in [0, 0.05) is 6.54 Å². The largest absolute Gasteiger partial charge is 0.493 e. The quantitative estimate of drug-likeness (QED) is 0.744. The zero-order valence-electron chi connectivity index (χ0n) is 13.5. The maximum Gasteiger partial charge on any atom is 0.161 e. The van der Waals surface area contributed by atoms with Gasteiger partial charge in [0.05, 0.1) is 13.7 Å². The van der Waals surface area contributed by atoms with Gasteiger partial charge in [-0.25, -0.2) is 0 Å². The molecule has 0 saturated carbocycles. The predicted octanol–water partition coefficient (Wildman–Crippen LogP) is 3.87. The van der Waals surface area contributed by atoms with Crippen LogP contribution in [0.2, 0.25) is 0 Å². The highest BCUT2D eigenvalue weighted by molar-refractivity contribution is 5.42. The number of hydrogen-bond acceptors (Lipinski definition) is 3. The summed E-state index contributed by atoms with van der Waals surface area (Å²) in [5.74, 6) is 2.87. The van der Waals surface area contributed by atoms with E-state index in [4.69, 9.17) is 9.47 Å². The number of methoxy groups -OCH3 is 1. The first-order valence-electron chi connectivity index (χ1n) is 7.57. The monoisotopic (exact) mass is 279 g/mol. The first kappa shape index (κ1) is 16.8. The van der Waals surface area contributed by atoms with E-state index in [0.717, 1.165) is 37.6 Å². The fourth-order valence-corrected chi connectivity index (χ4v) is 1.80. The summed E-state index contributed by atoms with van der Waals surface area (Å²) in [6.45, 7) is 11.4. The maximum absolute atomic E-state index is 5.83. The van der Waals surface area contributed by atoms with Crippen LogP contribution < -0.4 is 14.8 Å². The number of rotatable bonds is 9. The van der Waals surface area contributed by atoms with E-state index in [0.29, 0.717) is 11.8 Å². The Labute approximate surface area is 123 Å². The van der Waals surface area contributed by atoms with E-state index in [1.165, 1.54) is 5.56 Å². The lowest BCUT2D eigenvalue weighted by Crippen LogP contribution is -2.19. The van der Waals surface area contributed by atoms with Gasteiger partial charge in [-0.15, -0.1) is 0 Å². The number of benzene rings is 1. The Kier molecular flexibility index (Phi) is 7.45. The summed E-state index contributed by atoms with van der Waals surface area (Å²) in [5.41, 5.74) is 1.22. The van der Waals surface area contributed by atoms with E-state index >= 15 is 0 Å². The van der Waals surface area contributed by atoms with Crippen LogP contribution in [0.15, 0.2) is 18.2 Å². The normalized spacial score (nSPS) is 12.5. The lowest BCUT2D eigenvalue weighted by atomic mass is 10.1. The van der Waals surface area contributed by atoms with Gasteiger partial charge in [0.15, 0.2) is 11.5 Å². The Balaban J connectivity index is 2.60. The van der Waals surface area contributed by atoms with E-state index in [2.05, 4.69) is 45.1 Å². The van der Waals surface area contributed by atoms with Gasteiger partial charge in [-0.3, -0.25) is 0 Å². The molecule has 3 heteroatoms. The van der Waals surface area contributed by atoms with Gasteiger partial charge in [-0.05, 0) is 36.1 Å². The van der Waals surface area contributed by atoms with Crippen molar-refractivity contribution in [2.45, 2.75) is 40.7 Å². The third kappa shape index (κ3) is 5.83. The molecule has 1 aromatic rings. The molecule has 0 radical (unpaired) electrons. The van der Waals surface area contributed by atoms with E-state index in [1.807, 2.05) is 6.07 Å². The maximum atomic E-state index is 5.83. The van der Waals surface area contributed by atoms with Crippen molar-refractivity contribution in [3.63, 3.8) is 0 Å². The summed E-state index contributed by atoms with van der Waals surface area (Å²) in [7, 11) is 1.69. The molecule has 0 saturated heterocycles. The van der Waals surface area contributed by atoms with E-state index in [-0.39, 0.29) is 0 Å². The lowest BCUT2D eigenvalue weighted by Gasteiger charge is -2.15. The van der Waals surface area contributed by atoms with Crippen LogP contribution in [0.25, 0.3) is 0 Å². The molecule has 114 valence electrons. The van der Waals surface area contributed by atoms with Gasteiger partial charge < -0.3 is 14.8 Å². The Bertz CT molecular complexity index is 391. The zero-order chi connectivity index (χ0) is 15.0. The summed E-state index contributed by atoms with van der Waals surface area (Å²) in [5, 5.41) is 3.43. The fourth-order valence-electron chi connectivity index (χ4n) is 1.80. The van der Waals surface area contributed by atoms with Gasteiger partial charge in [0.2, 0.25) is 0 Å². The molecule has 1 N–H and O–H groups in total. The Morgan fingerprint density at radius 1 is 1.15 bits per heavy atom. The highest BCUT2D eigenvalue weighted by Gasteiger charge is 2.07. The first-order chi connectivity index (χ1) is 9.56. The van der Waals surface area contributed by atoms with Gasteiger partial charge in [0.1, 0.15) is 0 Å². The van der Waals surface area contributed by atoms with Crippen molar-refractivity contribution in [2.24, 2.45) is 11.8 Å². The Hall–Kier alpha value is -1.22. The van der Waals surface area contributed by atoms with Crippen molar-refractivity contribution in [2.75, 3.05) is 20.3 Å². The first-order valence-corrected chi connectivity index (χ1v) is 7.57. The number of hydrogen-bond donors (Lipinski definition) is 1. The molecule has 0 aliphatic rings. The molecule has 1 aromatic carbocycles. The molecule has 1 rings (SSSR count). The van der Waals surface area contributed by atoms with E-state index in [9.17, 15) is 0 Å². The summed E-state index contributed by atoms with van der Waals surface area (Å²) in [4.78, 5) is 0. The van der Waals surface area contributed by atoms with Crippen molar-refractivity contribution in [1.29, 1.82) is 0 Å². The highest BCUT2D eigenvalue weighted by atomic mass is 16.5. The minimum Gasteiger partial charge on any atom is -0.493 e. The number of ether oxygens (including phenoxy) is 2. The second-order valence-electron chi connectivity index (χ2n) is 5.83. The Morgan fingerprint density at radius 3 is 2.50 bits per heavy atom. The van der Waals surface area contributed by atoms with Crippen LogP contribution in [0, 0.1) is 11.8 Å². The average Bonchev–Trinajstić information content (AvgIpc) is 2.44. The SMILES string of the molecule is CCC(C)COc1ccc(CNCC(C)C)cc1OC. The highest BCUT2D eigenvalue weighted by Crippen LogP contribution is 2.28. The lowest BCUT2D eigenvalue weighted by molar-refractivity contribution is 0.244. The molecule has 0 aliphatic heterocycles. The molecule has 0 amide bonds. The van der Waals surface area contributed by atoms with Crippen molar-refractivity contribution >= 4 is 0 Å². The molecular formula is C17H29NO2. The van der Waals surface area contributed by atoms with Crippen LogP contribution in [0.4, 0.5) is 0 Å². The second-order valence-corrected chi connectivity index (χ2v) is 5.83. The standard InChI is InChI=1S/C17H29NO2/c1-6-14(4)12-20-16-8-7-15(9-17(16)19-5)11-18-10-13(2)3/h7-9,13-14,18H,6,10-12H2,1-5H3. The molecule has 0 aromatic heterocycles. The third-order valence-corrected chi connectivity index (χ3v) is 3.33. The van der Waals surface area contributed by atoms with Crippen LogP contribution in [0.5, 0.6) is 11.5 Å². The molecule has 3 nitrogen and oxygen atoms in total. The zero-order valence-corrected chi connectivity index (χ0v) is 13.5. The average molecular weight is 279 g/mol. The summed E-state index contributed by atoms with van der Waals surface area (Å²) < 4.78 is 11.3. The van der Waals surface area contributed by atoms with Crippen LogP contribution >= 0.6 is 0 Å². The van der Waals surface area contributed by atoms with Gasteiger partial charge in [-0.1, -0.05) is 40.2 Å². The molecule has 20 heavy (non-hydrogen) atoms. The molecule has 0 spiro atoms. The van der Waals surface area contributed by atoms with E-state index < -0.39 is 0 Å². The topological polar surface area (TPSA) is 30.5 Å². The van der Waals surface area contributed by atoms with Gasteiger partial charge >= 0.3 is 0 Å². The summed E-state index contributed by atoms with van der Waals surface area (Å²) >= 11 is 0. The summed E-state index contributed by atoms with van der Waals surface area (Å²) in [6.07, 6.45) is 1.12. The van der Waals surface area contributed by atoms with Crippen LogP contribution in [-0.4, -0.2) is 20.3 Å². The Morgan fingerprint density at radius 2 is 1.90 bits per heavy atom. The predicted molar refractivity (Wildman–Crippen MR) is 84.5 cm³/mol. The minimum atomic E-state index is 0.562. The van der Waals surface area contributed by atoms with Gasteiger partial charge in [0.25, 0.3) is 0 Å². The van der Waals surface area contributed by atoms with Crippen molar-refractivity contribution in [3.8, 4) is 11.5 Å². The van der Waals surface area contributed by atoms with Crippen LogP contribution in [0.1, 0.15) is 39.7 Å². The molecule has 0 bridgehead atoms. The number of nitrogens with one attached hydrogen (secondary N) is 1. The van der Waals surface area contributed by atoms with Crippen LogP contribution in [0.3, 0.4) is 0 Å². The fraction of sp³-hybridized carbons (Fsp3) is 0.647. The minimum absolute atomic E-state index is 0.562. The van der Waals surface area contributed by atoms with Crippen molar-refractivity contribution in [1.82, 2.24) is 5.32 Å². The second kappa shape index (κ2) is 8.85.